The summed E-state index contributed by atoms with van der Waals surface area (Å²) in [6, 6.07) is 12.3. The highest BCUT2D eigenvalue weighted by Crippen LogP contribution is 2.40. The molecular weight excluding hydrogens is 342 g/mol. The van der Waals surface area contributed by atoms with Gasteiger partial charge in [0, 0.05) is 13.5 Å². The lowest BCUT2D eigenvalue weighted by Gasteiger charge is -2.26. The number of hydrogen-bond donors (Lipinski definition) is 0. The monoisotopic (exact) mass is 369 g/mol. The Morgan fingerprint density at radius 1 is 1.04 bits per heavy atom. The molecule has 0 aliphatic heterocycles. The minimum absolute atomic E-state index is 0.133. The van der Waals surface area contributed by atoms with Crippen LogP contribution in [0.2, 0.25) is 0 Å². The summed E-state index contributed by atoms with van der Waals surface area (Å²) in [5.74, 6) is 1.93. The molecule has 144 valence electrons. The SMILES string of the molecule is COc1ccc(CCC(=O)N(C)[C@@H]2CCc3ccccc32)c(OC)c1OC. The highest BCUT2D eigenvalue weighted by molar-refractivity contribution is 5.77. The summed E-state index contributed by atoms with van der Waals surface area (Å²) in [6.45, 7) is 0. The van der Waals surface area contributed by atoms with Crippen molar-refractivity contribution in [1.82, 2.24) is 4.90 Å². The lowest BCUT2D eigenvalue weighted by Crippen LogP contribution is -2.30. The van der Waals surface area contributed by atoms with E-state index in [4.69, 9.17) is 14.2 Å². The zero-order valence-electron chi connectivity index (χ0n) is 16.5. The molecule has 1 aliphatic rings. The van der Waals surface area contributed by atoms with Gasteiger partial charge in [0.05, 0.1) is 27.4 Å². The summed E-state index contributed by atoms with van der Waals surface area (Å²) in [7, 11) is 6.68. The van der Waals surface area contributed by atoms with Crippen LogP contribution in [0.4, 0.5) is 0 Å². The highest BCUT2D eigenvalue weighted by Gasteiger charge is 2.28. The second kappa shape index (κ2) is 8.33. The largest absolute Gasteiger partial charge is 0.493 e. The smallest absolute Gasteiger partial charge is 0.223 e. The number of rotatable bonds is 7. The number of benzene rings is 2. The number of hydrogen-bond acceptors (Lipinski definition) is 4. The first-order valence-corrected chi connectivity index (χ1v) is 9.22. The molecule has 0 heterocycles. The van der Waals surface area contributed by atoms with Gasteiger partial charge in [-0.15, -0.1) is 0 Å². The first-order valence-electron chi connectivity index (χ1n) is 9.22. The van der Waals surface area contributed by atoms with Crippen molar-refractivity contribution >= 4 is 5.91 Å². The summed E-state index contributed by atoms with van der Waals surface area (Å²) < 4.78 is 16.3. The minimum atomic E-state index is 0.133. The maximum atomic E-state index is 12.8. The number of amides is 1. The first-order chi connectivity index (χ1) is 13.1. The topological polar surface area (TPSA) is 48.0 Å². The number of carbonyl (C=O) groups is 1. The van der Waals surface area contributed by atoms with E-state index in [0.717, 1.165) is 18.4 Å². The average molecular weight is 369 g/mol. The van der Waals surface area contributed by atoms with E-state index in [2.05, 4.69) is 18.2 Å². The molecule has 2 aromatic carbocycles. The van der Waals surface area contributed by atoms with E-state index in [0.29, 0.717) is 30.1 Å². The van der Waals surface area contributed by atoms with Gasteiger partial charge in [-0.3, -0.25) is 4.79 Å². The maximum absolute atomic E-state index is 12.8. The Labute approximate surface area is 160 Å². The molecule has 0 bridgehead atoms. The Bertz CT molecular complexity index is 818. The van der Waals surface area contributed by atoms with Crippen molar-refractivity contribution in [3.8, 4) is 17.2 Å². The Hall–Kier alpha value is -2.69. The third-order valence-corrected chi connectivity index (χ3v) is 5.36. The van der Waals surface area contributed by atoms with Gasteiger partial charge in [-0.05, 0) is 42.0 Å². The van der Waals surface area contributed by atoms with Crippen LogP contribution in [0.1, 0.15) is 35.6 Å². The van der Waals surface area contributed by atoms with Gasteiger partial charge in [-0.1, -0.05) is 30.3 Å². The van der Waals surface area contributed by atoms with Gasteiger partial charge in [0.25, 0.3) is 0 Å². The van der Waals surface area contributed by atoms with Crippen LogP contribution in [0.25, 0.3) is 0 Å². The molecule has 0 fully saturated rings. The van der Waals surface area contributed by atoms with Crippen molar-refractivity contribution in [2.45, 2.75) is 31.7 Å². The van der Waals surface area contributed by atoms with Gasteiger partial charge in [0.1, 0.15) is 0 Å². The molecule has 2 aromatic rings. The summed E-state index contributed by atoms with van der Waals surface area (Å²) in [6.07, 6.45) is 3.02. The second-order valence-electron chi connectivity index (χ2n) is 6.75. The van der Waals surface area contributed by atoms with Crippen LogP contribution in [0.15, 0.2) is 36.4 Å². The van der Waals surface area contributed by atoms with Gasteiger partial charge in [0.15, 0.2) is 11.5 Å². The van der Waals surface area contributed by atoms with Crippen LogP contribution in [-0.4, -0.2) is 39.2 Å². The quantitative estimate of drug-likeness (QED) is 0.745. The fourth-order valence-electron chi connectivity index (χ4n) is 3.89. The zero-order valence-corrected chi connectivity index (χ0v) is 16.5. The number of fused-ring (bicyclic) bond motifs is 1. The van der Waals surface area contributed by atoms with E-state index in [9.17, 15) is 4.79 Å². The molecule has 0 N–H and O–H groups in total. The van der Waals surface area contributed by atoms with Crippen LogP contribution < -0.4 is 14.2 Å². The molecule has 0 aromatic heterocycles. The van der Waals surface area contributed by atoms with Crippen molar-refractivity contribution in [3.63, 3.8) is 0 Å². The fraction of sp³-hybridized carbons (Fsp3) is 0.409. The molecule has 0 unspecified atom stereocenters. The predicted octanol–water partition coefficient (Wildman–Crippen LogP) is 3.79. The van der Waals surface area contributed by atoms with E-state index >= 15 is 0 Å². The van der Waals surface area contributed by atoms with Gasteiger partial charge in [-0.2, -0.15) is 0 Å². The molecule has 5 heteroatoms. The molecule has 0 saturated carbocycles. The Morgan fingerprint density at radius 3 is 2.48 bits per heavy atom. The molecule has 1 aliphatic carbocycles. The normalized spacial score (nSPS) is 15.2. The van der Waals surface area contributed by atoms with Crippen molar-refractivity contribution in [2.24, 2.45) is 0 Å². The molecular formula is C22H27NO4. The van der Waals surface area contributed by atoms with Crippen LogP contribution in [0.5, 0.6) is 17.2 Å². The summed E-state index contributed by atoms with van der Waals surface area (Å²) >= 11 is 0. The maximum Gasteiger partial charge on any atom is 0.223 e. The second-order valence-corrected chi connectivity index (χ2v) is 6.75. The van der Waals surface area contributed by atoms with E-state index < -0.39 is 0 Å². The highest BCUT2D eigenvalue weighted by atomic mass is 16.5. The van der Waals surface area contributed by atoms with Gasteiger partial charge in [-0.25, -0.2) is 0 Å². The third kappa shape index (κ3) is 3.72. The number of carbonyl (C=O) groups excluding carboxylic acids is 1. The van der Waals surface area contributed by atoms with Gasteiger partial charge < -0.3 is 19.1 Å². The lowest BCUT2D eigenvalue weighted by atomic mass is 10.0. The van der Waals surface area contributed by atoms with Crippen molar-refractivity contribution in [3.05, 3.63) is 53.1 Å². The van der Waals surface area contributed by atoms with Crippen LogP contribution in [0, 0.1) is 0 Å². The lowest BCUT2D eigenvalue weighted by molar-refractivity contribution is -0.132. The molecule has 27 heavy (non-hydrogen) atoms. The summed E-state index contributed by atoms with van der Waals surface area (Å²) in [5, 5.41) is 0. The first kappa shape index (κ1) is 19.1. The van der Waals surface area contributed by atoms with Gasteiger partial charge >= 0.3 is 0 Å². The number of nitrogens with zero attached hydrogens (tertiary/aromatic N) is 1. The Balaban J connectivity index is 1.71. The standard InChI is InChI=1S/C22H27NO4/c1-23(18-12-9-15-7-5-6-8-17(15)18)20(24)14-11-16-10-13-19(25-2)22(27-4)21(16)26-3/h5-8,10,13,18H,9,11-12,14H2,1-4H3/t18-/m1/s1. The fourth-order valence-corrected chi connectivity index (χ4v) is 3.89. The molecule has 0 saturated heterocycles. The third-order valence-electron chi connectivity index (χ3n) is 5.36. The molecule has 1 atom stereocenters. The number of aryl methyl sites for hydroxylation is 2. The van der Waals surface area contributed by atoms with E-state index in [1.807, 2.05) is 30.1 Å². The molecule has 0 radical (unpaired) electrons. The van der Waals surface area contributed by atoms with Crippen molar-refractivity contribution in [2.75, 3.05) is 28.4 Å². The summed E-state index contributed by atoms with van der Waals surface area (Å²) in [4.78, 5) is 14.7. The van der Waals surface area contributed by atoms with Gasteiger partial charge in [0.2, 0.25) is 11.7 Å². The molecule has 1 amide bonds. The van der Waals surface area contributed by atoms with Crippen LogP contribution >= 0.6 is 0 Å². The Morgan fingerprint density at radius 2 is 1.78 bits per heavy atom. The minimum Gasteiger partial charge on any atom is -0.493 e. The van der Waals surface area contributed by atoms with Crippen LogP contribution in [0.3, 0.4) is 0 Å². The predicted molar refractivity (Wildman–Crippen MR) is 105 cm³/mol. The number of ether oxygens (including phenoxy) is 3. The van der Waals surface area contributed by atoms with Crippen molar-refractivity contribution in [1.29, 1.82) is 0 Å². The van der Waals surface area contributed by atoms with E-state index in [1.165, 1.54) is 11.1 Å². The van der Waals surface area contributed by atoms with Crippen LogP contribution in [-0.2, 0) is 17.6 Å². The molecule has 3 rings (SSSR count). The Kier molecular flexibility index (Phi) is 5.89. The number of methoxy groups -OCH3 is 3. The van der Waals surface area contributed by atoms with Crippen molar-refractivity contribution < 1.29 is 19.0 Å². The van der Waals surface area contributed by atoms with E-state index in [1.54, 1.807) is 21.3 Å². The molecule has 5 nitrogen and oxygen atoms in total. The average Bonchev–Trinajstić information content (AvgIpc) is 3.14. The summed E-state index contributed by atoms with van der Waals surface area (Å²) in [5.41, 5.74) is 3.56. The zero-order chi connectivity index (χ0) is 19.4. The van der Waals surface area contributed by atoms with E-state index in [-0.39, 0.29) is 11.9 Å². The molecule has 0 spiro atoms.